The molecule has 7 heteroatoms. The molecule has 1 saturated heterocycles. The van der Waals surface area contributed by atoms with Crippen LogP contribution < -0.4 is 25.0 Å². The Balaban J connectivity index is 1.59. The first kappa shape index (κ1) is 18.6. The number of carbonyl (C=O) groups excluding carboxylic acids is 2. The number of ether oxygens (including phenoxy) is 2. The number of hydrogen-bond donors (Lipinski definition) is 2. The van der Waals surface area contributed by atoms with Crippen LogP contribution in [0.15, 0.2) is 42.5 Å². The molecule has 1 aliphatic rings. The van der Waals surface area contributed by atoms with Crippen LogP contribution in [0.1, 0.15) is 18.4 Å². The van der Waals surface area contributed by atoms with E-state index in [4.69, 9.17) is 9.47 Å². The maximum Gasteiger partial charge on any atom is 0.319 e. The van der Waals surface area contributed by atoms with Crippen LogP contribution in [-0.4, -0.2) is 32.7 Å². The van der Waals surface area contributed by atoms with Crippen LogP contribution in [0.25, 0.3) is 0 Å². The molecule has 3 rings (SSSR count). The molecule has 0 atom stereocenters. The molecule has 1 heterocycles. The quantitative estimate of drug-likeness (QED) is 0.820. The van der Waals surface area contributed by atoms with E-state index in [1.165, 1.54) is 0 Å². The van der Waals surface area contributed by atoms with E-state index in [-0.39, 0.29) is 11.9 Å². The molecule has 0 unspecified atom stereocenters. The highest BCUT2D eigenvalue weighted by molar-refractivity contribution is 5.96. The van der Waals surface area contributed by atoms with E-state index in [9.17, 15) is 9.59 Å². The zero-order chi connectivity index (χ0) is 19.2. The third-order valence-electron chi connectivity index (χ3n) is 4.39. The van der Waals surface area contributed by atoms with Gasteiger partial charge in [-0.2, -0.15) is 0 Å². The highest BCUT2D eigenvalue weighted by Crippen LogP contribution is 2.27. The molecule has 0 radical (unpaired) electrons. The van der Waals surface area contributed by atoms with Crippen LogP contribution in [0, 0.1) is 0 Å². The number of anilines is 2. The summed E-state index contributed by atoms with van der Waals surface area (Å²) in [5.41, 5.74) is 2.33. The van der Waals surface area contributed by atoms with Gasteiger partial charge < -0.3 is 25.0 Å². The molecule has 0 aromatic heterocycles. The number of amides is 3. The van der Waals surface area contributed by atoms with Crippen molar-refractivity contribution < 1.29 is 19.1 Å². The fraction of sp³-hybridized carbons (Fsp3) is 0.300. The lowest BCUT2D eigenvalue weighted by molar-refractivity contribution is -0.117. The topological polar surface area (TPSA) is 79.9 Å². The summed E-state index contributed by atoms with van der Waals surface area (Å²) in [5, 5.41) is 5.61. The minimum atomic E-state index is -0.324. The minimum absolute atomic E-state index is 0.116. The van der Waals surface area contributed by atoms with Crippen LogP contribution in [-0.2, 0) is 11.3 Å². The molecule has 27 heavy (non-hydrogen) atoms. The molecule has 0 aliphatic carbocycles. The van der Waals surface area contributed by atoms with Crippen LogP contribution in [0.2, 0.25) is 0 Å². The van der Waals surface area contributed by atoms with Gasteiger partial charge in [-0.15, -0.1) is 0 Å². The Hall–Kier alpha value is -3.22. The zero-order valence-corrected chi connectivity index (χ0v) is 15.5. The van der Waals surface area contributed by atoms with Gasteiger partial charge in [-0.1, -0.05) is 12.1 Å². The molecule has 142 valence electrons. The fourth-order valence-corrected chi connectivity index (χ4v) is 3.02. The van der Waals surface area contributed by atoms with Crippen LogP contribution in [0.4, 0.5) is 16.2 Å². The summed E-state index contributed by atoms with van der Waals surface area (Å²) in [4.78, 5) is 25.8. The number of rotatable bonds is 6. The van der Waals surface area contributed by atoms with E-state index in [0.29, 0.717) is 36.7 Å². The van der Waals surface area contributed by atoms with E-state index in [2.05, 4.69) is 10.6 Å². The number of carbonyl (C=O) groups is 2. The maximum atomic E-state index is 12.2. The summed E-state index contributed by atoms with van der Waals surface area (Å²) < 4.78 is 10.5. The summed E-state index contributed by atoms with van der Waals surface area (Å²) in [5.74, 6) is 1.37. The molecular weight excluding hydrogens is 346 g/mol. The molecule has 0 saturated carbocycles. The molecule has 7 nitrogen and oxygen atoms in total. The number of nitrogens with one attached hydrogen (secondary N) is 2. The first-order chi connectivity index (χ1) is 13.1. The second kappa shape index (κ2) is 8.44. The maximum absolute atomic E-state index is 12.2. The van der Waals surface area contributed by atoms with Gasteiger partial charge in [0, 0.05) is 30.9 Å². The number of nitrogens with zero attached hydrogens (tertiary/aromatic N) is 1. The van der Waals surface area contributed by atoms with Crippen molar-refractivity contribution in [1.82, 2.24) is 5.32 Å². The van der Waals surface area contributed by atoms with E-state index in [1.54, 1.807) is 37.3 Å². The Morgan fingerprint density at radius 2 is 1.93 bits per heavy atom. The molecule has 1 aliphatic heterocycles. The Labute approximate surface area is 158 Å². The summed E-state index contributed by atoms with van der Waals surface area (Å²) in [6.07, 6.45) is 1.44. The molecular formula is C20H23N3O4. The molecule has 0 spiro atoms. The summed E-state index contributed by atoms with van der Waals surface area (Å²) in [6, 6.07) is 12.4. The summed E-state index contributed by atoms with van der Waals surface area (Å²) >= 11 is 0. The number of methoxy groups -OCH3 is 2. The van der Waals surface area contributed by atoms with E-state index in [0.717, 1.165) is 17.7 Å². The molecule has 2 N–H and O–H groups in total. The van der Waals surface area contributed by atoms with Crippen LogP contribution >= 0.6 is 0 Å². The third kappa shape index (κ3) is 4.49. The predicted octanol–water partition coefficient (Wildman–Crippen LogP) is 3.15. The van der Waals surface area contributed by atoms with E-state index >= 15 is 0 Å². The highest BCUT2D eigenvalue weighted by Gasteiger charge is 2.21. The van der Waals surface area contributed by atoms with Crippen LogP contribution in [0.5, 0.6) is 11.5 Å². The van der Waals surface area contributed by atoms with Gasteiger partial charge in [0.2, 0.25) is 5.91 Å². The van der Waals surface area contributed by atoms with Crippen molar-refractivity contribution in [2.45, 2.75) is 19.4 Å². The average Bonchev–Trinajstić information content (AvgIpc) is 3.12. The Morgan fingerprint density at radius 1 is 1.11 bits per heavy atom. The lowest BCUT2D eigenvalue weighted by atomic mass is 10.2. The predicted molar refractivity (Wildman–Crippen MR) is 103 cm³/mol. The van der Waals surface area contributed by atoms with Crippen molar-refractivity contribution >= 4 is 23.3 Å². The van der Waals surface area contributed by atoms with Gasteiger partial charge in [-0.25, -0.2) is 4.79 Å². The van der Waals surface area contributed by atoms with E-state index in [1.807, 2.05) is 24.3 Å². The first-order valence-electron chi connectivity index (χ1n) is 8.77. The number of benzene rings is 2. The van der Waals surface area contributed by atoms with Gasteiger partial charge in [0.1, 0.15) is 0 Å². The summed E-state index contributed by atoms with van der Waals surface area (Å²) in [7, 11) is 3.15. The third-order valence-corrected chi connectivity index (χ3v) is 4.39. The number of urea groups is 1. The van der Waals surface area contributed by atoms with E-state index < -0.39 is 0 Å². The van der Waals surface area contributed by atoms with Gasteiger partial charge in [-0.05, 0) is 42.3 Å². The molecule has 3 amide bonds. The normalized spacial score (nSPS) is 13.4. The van der Waals surface area contributed by atoms with Gasteiger partial charge in [0.15, 0.2) is 11.5 Å². The largest absolute Gasteiger partial charge is 0.493 e. The minimum Gasteiger partial charge on any atom is -0.493 e. The standard InChI is InChI=1S/C20H23N3O4/c1-26-17-9-8-14(11-18(17)27-2)13-21-20(25)22-15-5-3-6-16(12-15)23-10-4-7-19(23)24/h3,5-6,8-9,11-12H,4,7,10,13H2,1-2H3,(H2,21,22,25). The Kier molecular flexibility index (Phi) is 5.80. The van der Waals surface area contributed by atoms with Crippen molar-refractivity contribution in [2.75, 3.05) is 31.0 Å². The Bertz CT molecular complexity index is 838. The molecule has 1 fully saturated rings. The molecule has 2 aromatic rings. The van der Waals surface area contributed by atoms with Crippen molar-refractivity contribution in [3.8, 4) is 11.5 Å². The Morgan fingerprint density at radius 3 is 2.63 bits per heavy atom. The zero-order valence-electron chi connectivity index (χ0n) is 15.5. The lowest BCUT2D eigenvalue weighted by Gasteiger charge is -2.17. The van der Waals surface area contributed by atoms with Gasteiger partial charge in [-0.3, -0.25) is 4.79 Å². The van der Waals surface area contributed by atoms with Crippen molar-refractivity contribution in [3.05, 3.63) is 48.0 Å². The monoisotopic (exact) mass is 369 g/mol. The van der Waals surface area contributed by atoms with Crippen molar-refractivity contribution in [2.24, 2.45) is 0 Å². The fourth-order valence-electron chi connectivity index (χ4n) is 3.02. The highest BCUT2D eigenvalue weighted by atomic mass is 16.5. The van der Waals surface area contributed by atoms with Gasteiger partial charge >= 0.3 is 6.03 Å². The smallest absolute Gasteiger partial charge is 0.319 e. The van der Waals surface area contributed by atoms with Crippen molar-refractivity contribution in [1.29, 1.82) is 0 Å². The average molecular weight is 369 g/mol. The van der Waals surface area contributed by atoms with Crippen molar-refractivity contribution in [3.63, 3.8) is 0 Å². The second-order valence-electron chi connectivity index (χ2n) is 6.20. The molecule has 0 bridgehead atoms. The lowest BCUT2D eigenvalue weighted by Crippen LogP contribution is -2.28. The van der Waals surface area contributed by atoms with Gasteiger partial charge in [0.05, 0.1) is 14.2 Å². The van der Waals surface area contributed by atoms with Gasteiger partial charge in [0.25, 0.3) is 0 Å². The summed E-state index contributed by atoms with van der Waals surface area (Å²) in [6.45, 7) is 1.06. The first-order valence-corrected chi connectivity index (χ1v) is 8.77. The molecule has 2 aromatic carbocycles. The SMILES string of the molecule is COc1ccc(CNC(=O)Nc2cccc(N3CCCC3=O)c2)cc1OC. The second-order valence-corrected chi connectivity index (χ2v) is 6.20. The number of hydrogen-bond acceptors (Lipinski definition) is 4. The van der Waals surface area contributed by atoms with Crippen LogP contribution in [0.3, 0.4) is 0 Å².